The number of hydrogen-bond acceptors (Lipinski definition) is 5. The van der Waals surface area contributed by atoms with E-state index in [2.05, 4.69) is 25.3 Å². The van der Waals surface area contributed by atoms with Gasteiger partial charge in [0.1, 0.15) is 0 Å². The van der Waals surface area contributed by atoms with Crippen LogP contribution in [0, 0.1) is 0 Å². The van der Waals surface area contributed by atoms with Crippen molar-refractivity contribution >= 4 is 18.3 Å². The molecule has 1 amide bonds. The summed E-state index contributed by atoms with van der Waals surface area (Å²) in [6, 6.07) is 7.10. The minimum atomic E-state index is -0.0734. The van der Waals surface area contributed by atoms with Gasteiger partial charge in [0.25, 0.3) is 5.91 Å². The zero-order chi connectivity index (χ0) is 13.5. The smallest absolute Gasteiger partial charge is 0.251 e. The largest absolute Gasteiger partial charge is 0.352 e. The summed E-state index contributed by atoms with van der Waals surface area (Å²) in [5.74, 6) is 0.441. The molecule has 20 heavy (non-hydrogen) atoms. The molecular formula is C13H17ClN4O2. The first-order valence-corrected chi connectivity index (χ1v) is 6.11. The molecule has 1 aromatic heterocycles. The summed E-state index contributed by atoms with van der Waals surface area (Å²) in [4.78, 5) is 15.8. The molecule has 0 saturated heterocycles. The van der Waals surface area contributed by atoms with Crippen molar-refractivity contribution < 1.29 is 9.32 Å². The van der Waals surface area contributed by atoms with Gasteiger partial charge in [-0.2, -0.15) is 4.98 Å². The number of nitrogens with zero attached hydrogens (tertiary/aromatic N) is 2. The van der Waals surface area contributed by atoms with Crippen LogP contribution in [0.5, 0.6) is 0 Å². The van der Waals surface area contributed by atoms with Gasteiger partial charge in [0.2, 0.25) is 12.2 Å². The Morgan fingerprint density at radius 2 is 2.00 bits per heavy atom. The summed E-state index contributed by atoms with van der Waals surface area (Å²) in [5, 5.41) is 9.63. The van der Waals surface area contributed by atoms with Crippen molar-refractivity contribution in [2.45, 2.75) is 6.42 Å². The number of amides is 1. The number of rotatable bonds is 6. The predicted molar refractivity (Wildman–Crippen MR) is 77.9 cm³/mol. The molecule has 1 heterocycles. The van der Waals surface area contributed by atoms with Gasteiger partial charge < -0.3 is 15.2 Å². The number of hydrogen-bond donors (Lipinski definition) is 2. The van der Waals surface area contributed by atoms with Crippen LogP contribution in [0.25, 0.3) is 11.4 Å². The third-order valence-corrected chi connectivity index (χ3v) is 2.66. The molecular weight excluding hydrogens is 280 g/mol. The van der Waals surface area contributed by atoms with Crippen molar-refractivity contribution in [3.05, 3.63) is 36.2 Å². The highest BCUT2D eigenvalue weighted by molar-refractivity contribution is 5.94. The lowest BCUT2D eigenvalue weighted by Crippen LogP contribution is -2.26. The lowest BCUT2D eigenvalue weighted by atomic mass is 10.1. The van der Waals surface area contributed by atoms with Crippen LogP contribution in [0.15, 0.2) is 35.2 Å². The van der Waals surface area contributed by atoms with Crippen LogP contribution in [-0.2, 0) is 0 Å². The molecule has 2 aromatic rings. The molecule has 0 aliphatic carbocycles. The van der Waals surface area contributed by atoms with Gasteiger partial charge >= 0.3 is 0 Å². The Morgan fingerprint density at radius 1 is 1.25 bits per heavy atom. The fraction of sp³-hybridized carbons (Fsp3) is 0.308. The molecule has 2 rings (SSSR count). The van der Waals surface area contributed by atoms with Gasteiger partial charge in [-0.25, -0.2) is 0 Å². The quantitative estimate of drug-likeness (QED) is 0.790. The molecule has 0 saturated carbocycles. The van der Waals surface area contributed by atoms with Gasteiger partial charge in [0.15, 0.2) is 0 Å². The van der Waals surface area contributed by atoms with Gasteiger partial charge in [-0.1, -0.05) is 17.3 Å². The fourth-order valence-electron chi connectivity index (χ4n) is 1.64. The maximum absolute atomic E-state index is 11.8. The molecule has 0 spiro atoms. The second-order valence-electron chi connectivity index (χ2n) is 4.05. The lowest BCUT2D eigenvalue weighted by molar-refractivity contribution is 0.0953. The highest BCUT2D eigenvalue weighted by Gasteiger charge is 2.07. The normalized spacial score (nSPS) is 9.85. The number of benzene rings is 1. The van der Waals surface area contributed by atoms with E-state index in [9.17, 15) is 4.79 Å². The third-order valence-electron chi connectivity index (χ3n) is 2.66. The first kappa shape index (κ1) is 16.1. The van der Waals surface area contributed by atoms with Crippen LogP contribution in [0.2, 0.25) is 0 Å². The van der Waals surface area contributed by atoms with E-state index in [0.717, 1.165) is 18.5 Å². The van der Waals surface area contributed by atoms with Crippen molar-refractivity contribution in [2.24, 2.45) is 0 Å². The fourth-order valence-corrected chi connectivity index (χ4v) is 1.64. The summed E-state index contributed by atoms with van der Waals surface area (Å²) in [6.45, 7) is 1.54. The van der Waals surface area contributed by atoms with Crippen molar-refractivity contribution in [1.82, 2.24) is 20.8 Å². The van der Waals surface area contributed by atoms with E-state index >= 15 is 0 Å². The zero-order valence-corrected chi connectivity index (χ0v) is 11.9. The molecule has 0 aliphatic heterocycles. The highest BCUT2D eigenvalue weighted by atomic mass is 35.5. The number of carbonyl (C=O) groups excluding carboxylic acids is 1. The molecule has 0 bridgehead atoms. The third kappa shape index (κ3) is 4.32. The summed E-state index contributed by atoms with van der Waals surface area (Å²) >= 11 is 0. The van der Waals surface area contributed by atoms with Crippen LogP contribution in [0.3, 0.4) is 0 Å². The molecule has 7 heteroatoms. The molecule has 0 radical (unpaired) electrons. The molecule has 0 unspecified atom stereocenters. The number of aromatic nitrogens is 2. The Balaban J connectivity index is 0.00000200. The van der Waals surface area contributed by atoms with E-state index in [0.29, 0.717) is 17.9 Å². The van der Waals surface area contributed by atoms with Crippen LogP contribution in [0.1, 0.15) is 16.8 Å². The van der Waals surface area contributed by atoms with E-state index < -0.39 is 0 Å². The molecule has 0 aliphatic rings. The predicted octanol–water partition coefficient (Wildman–Crippen LogP) is 1.50. The number of carbonyl (C=O) groups is 1. The van der Waals surface area contributed by atoms with Gasteiger partial charge in [0.05, 0.1) is 0 Å². The van der Waals surface area contributed by atoms with E-state index in [4.69, 9.17) is 0 Å². The van der Waals surface area contributed by atoms with E-state index in [1.165, 1.54) is 6.39 Å². The SMILES string of the molecule is CNCCCNC(=O)c1ccc(-c2ncon2)cc1.Cl. The first-order valence-electron chi connectivity index (χ1n) is 6.11. The van der Waals surface area contributed by atoms with Crippen LogP contribution >= 0.6 is 12.4 Å². The minimum Gasteiger partial charge on any atom is -0.352 e. The second kappa shape index (κ2) is 8.29. The van der Waals surface area contributed by atoms with Crippen molar-refractivity contribution in [3.63, 3.8) is 0 Å². The standard InChI is InChI=1S/C13H16N4O2.ClH/c1-14-7-2-8-15-13(18)11-5-3-10(4-6-11)12-16-9-19-17-12;/h3-6,9,14H,2,7-8H2,1H3,(H,15,18);1H. The maximum Gasteiger partial charge on any atom is 0.251 e. The van der Waals surface area contributed by atoms with E-state index in [1.807, 2.05) is 7.05 Å². The second-order valence-corrected chi connectivity index (χ2v) is 4.05. The van der Waals surface area contributed by atoms with Gasteiger partial charge in [-0.15, -0.1) is 12.4 Å². The van der Waals surface area contributed by atoms with Crippen LogP contribution in [-0.4, -0.2) is 36.2 Å². The summed E-state index contributed by atoms with van der Waals surface area (Å²) in [6.07, 6.45) is 2.18. The maximum atomic E-state index is 11.8. The Bertz CT molecular complexity index is 514. The van der Waals surface area contributed by atoms with Gasteiger partial charge in [0, 0.05) is 17.7 Å². The Kier molecular flexibility index (Phi) is 6.69. The topological polar surface area (TPSA) is 80.0 Å². The Morgan fingerprint density at radius 3 is 2.60 bits per heavy atom. The summed E-state index contributed by atoms with van der Waals surface area (Å²) in [7, 11) is 1.89. The molecule has 1 aromatic carbocycles. The monoisotopic (exact) mass is 296 g/mol. The number of nitrogens with one attached hydrogen (secondary N) is 2. The molecule has 0 fully saturated rings. The highest BCUT2D eigenvalue weighted by Crippen LogP contribution is 2.14. The van der Waals surface area contributed by atoms with E-state index in [1.54, 1.807) is 24.3 Å². The average Bonchev–Trinajstić information content (AvgIpc) is 2.98. The Labute approximate surface area is 123 Å². The van der Waals surface area contributed by atoms with Crippen molar-refractivity contribution in [3.8, 4) is 11.4 Å². The first-order chi connectivity index (χ1) is 9.31. The molecule has 2 N–H and O–H groups in total. The zero-order valence-electron chi connectivity index (χ0n) is 11.1. The van der Waals surface area contributed by atoms with E-state index in [-0.39, 0.29) is 18.3 Å². The van der Waals surface area contributed by atoms with Crippen molar-refractivity contribution in [2.75, 3.05) is 20.1 Å². The summed E-state index contributed by atoms with van der Waals surface area (Å²) in [5.41, 5.74) is 1.44. The van der Waals surface area contributed by atoms with Crippen LogP contribution in [0.4, 0.5) is 0 Å². The van der Waals surface area contributed by atoms with Crippen molar-refractivity contribution in [1.29, 1.82) is 0 Å². The minimum absolute atomic E-state index is 0. The summed E-state index contributed by atoms with van der Waals surface area (Å²) < 4.78 is 4.68. The average molecular weight is 297 g/mol. The van der Waals surface area contributed by atoms with Gasteiger partial charge in [-0.05, 0) is 32.1 Å². The molecule has 0 atom stereocenters. The number of halogens is 1. The molecule has 6 nitrogen and oxygen atoms in total. The van der Waals surface area contributed by atoms with Gasteiger partial charge in [-0.3, -0.25) is 4.79 Å². The Hall–Kier alpha value is -1.92. The van der Waals surface area contributed by atoms with Crippen LogP contribution < -0.4 is 10.6 Å². The molecule has 108 valence electrons. The lowest BCUT2D eigenvalue weighted by Gasteiger charge is -2.05.